The number of carbonyl (C=O) groups excluding carboxylic acids is 3. The highest BCUT2D eigenvalue weighted by molar-refractivity contribution is 5.92. The summed E-state index contributed by atoms with van der Waals surface area (Å²) in [6.07, 6.45) is 3.48. The average molecular weight is 282 g/mol. The van der Waals surface area contributed by atoms with Crippen molar-refractivity contribution in [2.45, 2.75) is 63.6 Å². The molecule has 0 aromatic heterocycles. The molecule has 2 amide bonds. The molecule has 2 unspecified atom stereocenters. The van der Waals surface area contributed by atoms with E-state index in [0.29, 0.717) is 12.8 Å². The number of carbonyl (C=O) groups is 3. The van der Waals surface area contributed by atoms with Crippen LogP contribution in [-0.4, -0.2) is 40.9 Å². The van der Waals surface area contributed by atoms with Gasteiger partial charge in [-0.15, -0.1) is 0 Å². The quantitative estimate of drug-likeness (QED) is 0.655. The van der Waals surface area contributed by atoms with E-state index in [1.807, 2.05) is 0 Å². The van der Waals surface area contributed by atoms with Crippen LogP contribution >= 0.6 is 0 Å². The molecule has 2 atom stereocenters. The lowest BCUT2D eigenvalue weighted by Crippen LogP contribution is -2.57. The van der Waals surface area contributed by atoms with Crippen molar-refractivity contribution in [3.05, 3.63) is 0 Å². The lowest BCUT2D eigenvalue weighted by molar-refractivity contribution is -0.135. The highest BCUT2D eigenvalue weighted by Crippen LogP contribution is 2.24. The fourth-order valence-electron chi connectivity index (χ4n) is 2.75. The van der Waals surface area contributed by atoms with Crippen molar-refractivity contribution in [3.8, 4) is 0 Å². The molecular weight excluding hydrogens is 260 g/mol. The van der Waals surface area contributed by atoms with Gasteiger partial charge in [0, 0.05) is 24.8 Å². The van der Waals surface area contributed by atoms with Crippen LogP contribution in [0, 0.1) is 5.92 Å². The Balaban J connectivity index is 1.87. The van der Waals surface area contributed by atoms with Gasteiger partial charge in [0.05, 0.1) is 6.10 Å². The van der Waals surface area contributed by atoms with Crippen molar-refractivity contribution >= 4 is 17.6 Å². The van der Waals surface area contributed by atoms with Crippen molar-refractivity contribution in [2.75, 3.05) is 0 Å². The van der Waals surface area contributed by atoms with Crippen LogP contribution in [0.1, 0.15) is 45.4 Å². The minimum atomic E-state index is -0.962. The van der Waals surface area contributed by atoms with E-state index in [4.69, 9.17) is 0 Å². The number of nitrogens with one attached hydrogen (secondary N) is 2. The van der Waals surface area contributed by atoms with Gasteiger partial charge in [0.15, 0.2) is 0 Å². The zero-order chi connectivity index (χ0) is 14.7. The third kappa shape index (κ3) is 3.56. The first-order valence-corrected chi connectivity index (χ1v) is 7.28. The van der Waals surface area contributed by atoms with Crippen molar-refractivity contribution in [1.82, 2.24) is 10.6 Å². The molecule has 3 N–H and O–H groups in total. The Kier molecular flexibility index (Phi) is 4.75. The summed E-state index contributed by atoms with van der Waals surface area (Å²) in [5.41, 5.74) is 0. The number of hydrogen-bond acceptors (Lipinski definition) is 4. The van der Waals surface area contributed by atoms with Crippen LogP contribution in [0.25, 0.3) is 0 Å². The maximum atomic E-state index is 12.0. The minimum absolute atomic E-state index is 0.0469. The molecule has 20 heavy (non-hydrogen) atoms. The third-order valence-corrected chi connectivity index (χ3v) is 4.08. The van der Waals surface area contributed by atoms with Crippen molar-refractivity contribution < 1.29 is 19.5 Å². The second-order valence-electron chi connectivity index (χ2n) is 5.86. The molecule has 0 saturated heterocycles. The Morgan fingerprint density at radius 1 is 1.25 bits per heavy atom. The van der Waals surface area contributed by atoms with Crippen LogP contribution in [0.3, 0.4) is 0 Å². The van der Waals surface area contributed by atoms with Gasteiger partial charge in [-0.1, -0.05) is 12.8 Å². The molecule has 2 aliphatic rings. The molecule has 0 aliphatic heterocycles. The predicted octanol–water partition coefficient (Wildman–Crippen LogP) is -0.110. The van der Waals surface area contributed by atoms with Crippen molar-refractivity contribution in [1.29, 1.82) is 0 Å². The number of rotatable bonds is 5. The Morgan fingerprint density at radius 2 is 1.85 bits per heavy atom. The van der Waals surface area contributed by atoms with Gasteiger partial charge in [-0.3, -0.25) is 14.4 Å². The number of hydrogen-bond donors (Lipinski definition) is 3. The van der Waals surface area contributed by atoms with Gasteiger partial charge in [-0.25, -0.2) is 0 Å². The summed E-state index contributed by atoms with van der Waals surface area (Å²) < 4.78 is 0. The van der Waals surface area contributed by atoms with E-state index in [1.54, 1.807) is 0 Å². The fourth-order valence-corrected chi connectivity index (χ4v) is 2.75. The summed E-state index contributed by atoms with van der Waals surface area (Å²) in [5, 5.41) is 15.0. The van der Waals surface area contributed by atoms with E-state index in [2.05, 4.69) is 10.6 Å². The van der Waals surface area contributed by atoms with Gasteiger partial charge in [-0.05, 0) is 19.8 Å². The largest absolute Gasteiger partial charge is 0.391 e. The minimum Gasteiger partial charge on any atom is -0.391 e. The monoisotopic (exact) mass is 282 g/mol. The number of aliphatic hydroxyl groups is 1. The summed E-state index contributed by atoms with van der Waals surface area (Å²) in [4.78, 5) is 35.0. The Labute approximate surface area is 118 Å². The van der Waals surface area contributed by atoms with Crippen molar-refractivity contribution in [3.63, 3.8) is 0 Å². The highest BCUT2D eigenvalue weighted by Gasteiger charge is 2.34. The molecule has 6 heteroatoms. The molecular formula is C14H22N2O4. The molecule has 0 radical (unpaired) electrons. The zero-order valence-corrected chi connectivity index (χ0v) is 11.7. The standard InChI is InChI=1S/C14H22N2O4/c1-8(17)12(14(20)15-10-6-11(18)7-10)16-13(19)9-4-2-3-5-9/h8-10,12,17H,2-7H2,1H3,(H,15,20)(H,16,19). The molecule has 0 aromatic rings. The van der Waals surface area contributed by atoms with Gasteiger partial charge in [0.2, 0.25) is 11.8 Å². The fraction of sp³-hybridized carbons (Fsp3) is 0.786. The molecule has 2 saturated carbocycles. The van der Waals surface area contributed by atoms with Crippen LogP contribution in [0.2, 0.25) is 0 Å². The second kappa shape index (κ2) is 6.35. The molecule has 2 aliphatic carbocycles. The van der Waals surface area contributed by atoms with E-state index in [-0.39, 0.29) is 23.7 Å². The van der Waals surface area contributed by atoms with E-state index >= 15 is 0 Å². The SMILES string of the molecule is CC(O)C(NC(=O)C1CCCC1)C(=O)NC1CC(=O)C1. The molecule has 0 spiro atoms. The maximum Gasteiger partial charge on any atom is 0.245 e. The summed E-state index contributed by atoms with van der Waals surface area (Å²) in [5.74, 6) is -0.495. The Bertz CT molecular complexity index is 394. The van der Waals surface area contributed by atoms with E-state index in [9.17, 15) is 19.5 Å². The lowest BCUT2D eigenvalue weighted by atomic mass is 9.91. The first-order chi connectivity index (χ1) is 9.47. The number of ketones is 1. The van der Waals surface area contributed by atoms with Crippen molar-refractivity contribution in [2.24, 2.45) is 5.92 Å². The van der Waals surface area contributed by atoms with Crippen LogP contribution in [0.15, 0.2) is 0 Å². The molecule has 112 valence electrons. The molecule has 0 bridgehead atoms. The number of amides is 2. The summed E-state index contributed by atoms with van der Waals surface area (Å²) in [6.45, 7) is 1.48. The lowest BCUT2D eigenvalue weighted by Gasteiger charge is -2.29. The van der Waals surface area contributed by atoms with E-state index in [0.717, 1.165) is 25.7 Å². The number of aliphatic hydroxyl groups excluding tert-OH is 1. The smallest absolute Gasteiger partial charge is 0.245 e. The van der Waals surface area contributed by atoms with E-state index < -0.39 is 18.1 Å². The van der Waals surface area contributed by atoms with Crippen LogP contribution in [0.4, 0.5) is 0 Å². The summed E-state index contributed by atoms with van der Waals surface area (Å²) in [6, 6.07) is -1.10. The Morgan fingerprint density at radius 3 is 2.35 bits per heavy atom. The topological polar surface area (TPSA) is 95.5 Å². The maximum absolute atomic E-state index is 12.0. The predicted molar refractivity (Wildman–Crippen MR) is 71.7 cm³/mol. The molecule has 2 fully saturated rings. The summed E-state index contributed by atoms with van der Waals surface area (Å²) >= 11 is 0. The van der Waals surface area contributed by atoms with Gasteiger partial charge in [0.25, 0.3) is 0 Å². The summed E-state index contributed by atoms with van der Waals surface area (Å²) in [7, 11) is 0. The second-order valence-corrected chi connectivity index (χ2v) is 5.86. The van der Waals surface area contributed by atoms with E-state index in [1.165, 1.54) is 6.92 Å². The first-order valence-electron chi connectivity index (χ1n) is 7.28. The Hall–Kier alpha value is -1.43. The van der Waals surface area contributed by atoms with Gasteiger partial charge < -0.3 is 15.7 Å². The van der Waals surface area contributed by atoms with Gasteiger partial charge >= 0.3 is 0 Å². The van der Waals surface area contributed by atoms with Gasteiger partial charge in [0.1, 0.15) is 11.8 Å². The average Bonchev–Trinajstić information content (AvgIpc) is 2.86. The van der Waals surface area contributed by atoms with Crippen LogP contribution < -0.4 is 10.6 Å². The highest BCUT2D eigenvalue weighted by atomic mass is 16.3. The molecule has 2 rings (SSSR count). The normalized spacial score (nSPS) is 23.0. The molecule has 6 nitrogen and oxygen atoms in total. The molecule has 0 heterocycles. The van der Waals surface area contributed by atoms with Crippen LogP contribution in [0.5, 0.6) is 0 Å². The molecule has 0 aromatic carbocycles. The third-order valence-electron chi connectivity index (χ3n) is 4.08. The first kappa shape index (κ1) is 15.0. The van der Waals surface area contributed by atoms with Gasteiger partial charge in [-0.2, -0.15) is 0 Å². The zero-order valence-electron chi connectivity index (χ0n) is 11.7. The number of Topliss-reactive ketones (excluding diaryl/α,β-unsaturated/α-hetero) is 1. The van der Waals surface area contributed by atoms with Crippen LogP contribution in [-0.2, 0) is 14.4 Å².